The Morgan fingerprint density at radius 1 is 1.67 bits per heavy atom. The highest BCUT2D eigenvalue weighted by atomic mass is 35.5. The van der Waals surface area contributed by atoms with Crippen LogP contribution in [0.15, 0.2) is 18.5 Å². The second-order valence-corrected chi connectivity index (χ2v) is 5.04. The molecule has 1 aliphatic rings. The molecule has 0 aliphatic carbocycles. The summed E-state index contributed by atoms with van der Waals surface area (Å²) in [6.07, 6.45) is 3.64. The first-order valence-electron chi connectivity index (χ1n) is 5.57. The predicted octanol–water partition coefficient (Wildman–Crippen LogP) is 1.56. The number of aromatic nitrogens is 1. The van der Waals surface area contributed by atoms with E-state index in [1.54, 1.807) is 12.3 Å². The van der Waals surface area contributed by atoms with Crippen LogP contribution >= 0.6 is 21.0 Å². The van der Waals surface area contributed by atoms with Gasteiger partial charge in [-0.1, -0.05) is 9.39 Å². The van der Waals surface area contributed by atoms with Crippen LogP contribution < -0.4 is 9.99 Å². The van der Waals surface area contributed by atoms with Gasteiger partial charge in [0.1, 0.15) is 11.9 Å². The number of nitro groups is 1. The zero-order valence-corrected chi connectivity index (χ0v) is 11.5. The number of halogens is 1. The lowest BCUT2D eigenvalue weighted by Crippen LogP contribution is -2.49. The molecule has 3 unspecified atom stereocenters. The minimum atomic E-state index is -0.405. The number of anilines is 1. The van der Waals surface area contributed by atoms with Gasteiger partial charge in [0.05, 0.1) is 10.3 Å². The molecular weight excluding hydrogens is 275 g/mol. The largest absolute Gasteiger partial charge is 0.364 e. The van der Waals surface area contributed by atoms with Gasteiger partial charge in [0.25, 0.3) is 0 Å². The highest BCUT2D eigenvalue weighted by Crippen LogP contribution is 2.30. The summed E-state index contributed by atoms with van der Waals surface area (Å²) in [5, 5.41) is 14.1. The van der Waals surface area contributed by atoms with Gasteiger partial charge in [-0.3, -0.25) is 20.2 Å². The summed E-state index contributed by atoms with van der Waals surface area (Å²) in [5.74, 6) is 0. The third-order valence-corrected chi connectivity index (χ3v) is 4.01. The molecule has 1 aromatic heterocycles. The Morgan fingerprint density at radius 2 is 2.44 bits per heavy atom. The summed E-state index contributed by atoms with van der Waals surface area (Å²) in [4.78, 5) is 16.3. The maximum atomic E-state index is 11.0. The fourth-order valence-corrected chi connectivity index (χ4v) is 2.80. The number of piperidine rings is 1. The minimum absolute atomic E-state index is 0.0352. The minimum Gasteiger partial charge on any atom is -0.364 e. The smallest absolute Gasteiger partial charge is 0.310 e. The van der Waals surface area contributed by atoms with Crippen LogP contribution in [0.1, 0.15) is 6.42 Å². The average molecular weight is 289 g/mol. The number of pyridine rings is 1. The van der Waals surface area contributed by atoms with Crippen LogP contribution in [0.4, 0.5) is 11.4 Å². The third-order valence-electron chi connectivity index (χ3n) is 3.06. The van der Waals surface area contributed by atoms with Gasteiger partial charge < -0.3 is 4.90 Å². The number of nitrogens with zero attached hydrogens (tertiary/aromatic N) is 3. The molecule has 18 heavy (non-hydrogen) atoms. The van der Waals surface area contributed by atoms with Crippen molar-refractivity contribution < 1.29 is 4.92 Å². The lowest BCUT2D eigenvalue weighted by Gasteiger charge is -2.36. The van der Waals surface area contributed by atoms with Gasteiger partial charge in [-0.15, -0.1) is 11.6 Å². The Hall–Kier alpha value is -0.970. The topological polar surface area (TPSA) is 71.3 Å². The van der Waals surface area contributed by atoms with Crippen LogP contribution in [0.5, 0.6) is 0 Å². The summed E-state index contributed by atoms with van der Waals surface area (Å²) < 4.78 is 0. The fraction of sp³-hybridized carbons (Fsp3) is 0.500. The van der Waals surface area contributed by atoms with Crippen LogP contribution in [-0.4, -0.2) is 34.4 Å². The van der Waals surface area contributed by atoms with E-state index in [2.05, 4.69) is 19.5 Å². The summed E-state index contributed by atoms with van der Waals surface area (Å²) in [6, 6.07) is 1.77. The highest BCUT2D eigenvalue weighted by molar-refractivity contribution is 7.13. The quantitative estimate of drug-likeness (QED) is 0.395. The van der Waals surface area contributed by atoms with Crippen molar-refractivity contribution in [2.75, 3.05) is 18.0 Å². The van der Waals surface area contributed by atoms with Gasteiger partial charge in [0, 0.05) is 25.3 Å². The van der Waals surface area contributed by atoms with E-state index < -0.39 is 4.92 Å². The Morgan fingerprint density at radius 3 is 3.11 bits per heavy atom. The average Bonchev–Trinajstić information content (AvgIpc) is 2.39. The van der Waals surface area contributed by atoms with Crippen molar-refractivity contribution in [1.82, 2.24) is 10.1 Å². The summed E-state index contributed by atoms with van der Waals surface area (Å²) in [6.45, 7) is 1.35. The molecule has 0 amide bonds. The molecule has 6 nitrogen and oxygen atoms in total. The molecule has 2 rings (SSSR count). The number of nitrogens with one attached hydrogen (secondary N) is 1. The molecule has 3 atom stereocenters. The van der Waals surface area contributed by atoms with E-state index in [-0.39, 0.29) is 17.1 Å². The molecule has 2 heterocycles. The summed E-state index contributed by atoms with van der Waals surface area (Å²) in [7, 11) is 2.45. The van der Waals surface area contributed by atoms with Gasteiger partial charge >= 0.3 is 5.69 Å². The molecule has 1 saturated heterocycles. The number of rotatable bonds is 3. The first-order valence-corrected chi connectivity index (χ1v) is 6.58. The second kappa shape index (κ2) is 5.78. The van der Waals surface area contributed by atoms with E-state index in [9.17, 15) is 10.1 Å². The first kappa shape index (κ1) is 13.5. The normalized spacial score (nSPS) is 24.0. The van der Waals surface area contributed by atoms with Gasteiger partial charge in [0.15, 0.2) is 0 Å². The van der Waals surface area contributed by atoms with Gasteiger partial charge in [-0.25, -0.2) is 0 Å². The molecule has 1 aromatic rings. The molecule has 1 N–H and O–H groups in total. The van der Waals surface area contributed by atoms with E-state index in [1.165, 1.54) is 6.20 Å². The van der Waals surface area contributed by atoms with Crippen molar-refractivity contribution in [3.63, 3.8) is 0 Å². The van der Waals surface area contributed by atoms with Crippen LogP contribution in [-0.2, 0) is 0 Å². The van der Waals surface area contributed by atoms with Gasteiger partial charge in [0.2, 0.25) is 0 Å². The molecule has 8 heteroatoms. The number of hydrogen-bond donors (Lipinski definition) is 1. The maximum Gasteiger partial charge on any atom is 0.310 e. The second-order valence-electron chi connectivity index (χ2n) is 4.15. The molecule has 98 valence electrons. The molecule has 0 spiro atoms. The summed E-state index contributed by atoms with van der Waals surface area (Å²) in [5.41, 5.74) is 0.636. The lowest BCUT2D eigenvalue weighted by atomic mass is 10.1. The fourth-order valence-electron chi connectivity index (χ4n) is 2.09. The van der Waals surface area contributed by atoms with Crippen molar-refractivity contribution in [3.8, 4) is 0 Å². The third kappa shape index (κ3) is 2.71. The molecule has 1 fully saturated rings. The van der Waals surface area contributed by atoms with E-state index in [0.29, 0.717) is 18.8 Å². The van der Waals surface area contributed by atoms with Crippen LogP contribution in [0.25, 0.3) is 0 Å². The van der Waals surface area contributed by atoms with Crippen molar-refractivity contribution in [3.05, 3.63) is 28.6 Å². The number of alkyl halides is 1. The standard InChI is InChI=1S/C10H14ClN4O2P/c11-7-2-4-14(6-8(7)13-18)9-1-3-12-5-10(9)15(16)17/h1,3,5,7-8,13H,2,4,6,18H2. The van der Waals surface area contributed by atoms with Gasteiger partial charge in [-0.2, -0.15) is 0 Å². The molecule has 0 aromatic carbocycles. The van der Waals surface area contributed by atoms with E-state index in [0.717, 1.165) is 6.42 Å². The van der Waals surface area contributed by atoms with E-state index in [1.807, 2.05) is 4.90 Å². The highest BCUT2D eigenvalue weighted by Gasteiger charge is 2.29. The van der Waals surface area contributed by atoms with Crippen LogP contribution in [0.2, 0.25) is 0 Å². The van der Waals surface area contributed by atoms with Crippen LogP contribution in [0, 0.1) is 10.1 Å². The Kier molecular flexibility index (Phi) is 4.32. The Labute approximate surface area is 112 Å². The van der Waals surface area contributed by atoms with Crippen molar-refractivity contribution in [2.45, 2.75) is 17.8 Å². The maximum absolute atomic E-state index is 11.0. The summed E-state index contributed by atoms with van der Waals surface area (Å²) >= 11 is 6.19. The lowest BCUT2D eigenvalue weighted by molar-refractivity contribution is -0.384. The predicted molar refractivity (Wildman–Crippen MR) is 74.0 cm³/mol. The van der Waals surface area contributed by atoms with Crippen molar-refractivity contribution >= 4 is 32.4 Å². The molecule has 0 bridgehead atoms. The monoisotopic (exact) mass is 288 g/mol. The van der Waals surface area contributed by atoms with Crippen molar-refractivity contribution in [2.24, 2.45) is 0 Å². The number of hydrogen-bond acceptors (Lipinski definition) is 5. The Bertz CT molecular complexity index is 448. The molecule has 1 aliphatic heterocycles. The first-order chi connectivity index (χ1) is 8.63. The van der Waals surface area contributed by atoms with Gasteiger partial charge in [-0.05, 0) is 12.5 Å². The molecule has 0 saturated carbocycles. The van der Waals surface area contributed by atoms with E-state index >= 15 is 0 Å². The zero-order chi connectivity index (χ0) is 13.1. The molecule has 0 radical (unpaired) electrons. The van der Waals surface area contributed by atoms with Crippen LogP contribution in [0.3, 0.4) is 0 Å². The SMILES string of the molecule is O=[N+]([O-])c1cnccc1N1CCC(Cl)C(NP)C1. The van der Waals surface area contributed by atoms with E-state index in [4.69, 9.17) is 11.6 Å². The molecular formula is C10H14ClN4O2P. The Balaban J connectivity index is 2.24. The van der Waals surface area contributed by atoms with Crippen molar-refractivity contribution in [1.29, 1.82) is 0 Å². The zero-order valence-electron chi connectivity index (χ0n) is 9.62.